The molecule has 0 aromatic carbocycles. The van der Waals surface area contributed by atoms with Gasteiger partial charge in [-0.3, -0.25) is 0 Å². The van der Waals surface area contributed by atoms with Gasteiger partial charge >= 0.3 is 0 Å². The van der Waals surface area contributed by atoms with Gasteiger partial charge < -0.3 is 10.2 Å². The van der Waals surface area contributed by atoms with Crippen molar-refractivity contribution in [2.45, 2.75) is 33.6 Å². The average Bonchev–Trinajstić information content (AvgIpc) is 2.51. The van der Waals surface area contributed by atoms with E-state index >= 15 is 0 Å². The number of likely N-dealkylation sites (tertiary alicyclic amines) is 1. The fourth-order valence-electron chi connectivity index (χ4n) is 3.09. The van der Waals surface area contributed by atoms with Crippen LogP contribution in [0.2, 0.25) is 0 Å². The number of hydrogen-bond acceptors (Lipinski definition) is 2. The Labute approximate surface area is 88.1 Å². The summed E-state index contributed by atoms with van der Waals surface area (Å²) in [7, 11) is 0. The molecule has 1 N–H and O–H groups in total. The summed E-state index contributed by atoms with van der Waals surface area (Å²) < 4.78 is 0. The van der Waals surface area contributed by atoms with Crippen LogP contribution in [0.1, 0.15) is 33.6 Å². The van der Waals surface area contributed by atoms with E-state index in [9.17, 15) is 0 Å². The molecule has 2 aliphatic rings. The number of nitrogens with one attached hydrogen (secondary N) is 1. The summed E-state index contributed by atoms with van der Waals surface area (Å²) in [6.45, 7) is 13.5. The molecular formula is C12H24N2. The first-order valence-electron chi connectivity index (χ1n) is 5.98. The van der Waals surface area contributed by atoms with E-state index in [0.717, 1.165) is 0 Å². The summed E-state index contributed by atoms with van der Waals surface area (Å²) in [6, 6.07) is 0. The van der Waals surface area contributed by atoms with Crippen molar-refractivity contribution in [3.05, 3.63) is 0 Å². The van der Waals surface area contributed by atoms with Crippen molar-refractivity contribution in [2.24, 2.45) is 10.8 Å². The molecule has 0 bridgehead atoms. The molecule has 2 heterocycles. The van der Waals surface area contributed by atoms with Crippen LogP contribution in [0.15, 0.2) is 0 Å². The first-order valence-corrected chi connectivity index (χ1v) is 5.98. The Morgan fingerprint density at radius 3 is 2.43 bits per heavy atom. The molecule has 1 unspecified atom stereocenters. The van der Waals surface area contributed by atoms with Crippen LogP contribution in [-0.4, -0.2) is 37.6 Å². The van der Waals surface area contributed by atoms with Gasteiger partial charge in [0.1, 0.15) is 0 Å². The smallest absolute Gasteiger partial charge is 0.00510 e. The zero-order valence-electron chi connectivity index (χ0n) is 9.90. The molecule has 2 aliphatic heterocycles. The average molecular weight is 196 g/mol. The number of rotatable bonds is 3. The second-order valence-electron chi connectivity index (χ2n) is 6.09. The first-order chi connectivity index (χ1) is 6.55. The lowest BCUT2D eigenvalue weighted by Crippen LogP contribution is -2.56. The highest BCUT2D eigenvalue weighted by Gasteiger charge is 2.40. The van der Waals surface area contributed by atoms with Crippen molar-refractivity contribution in [3.63, 3.8) is 0 Å². The van der Waals surface area contributed by atoms with E-state index in [2.05, 4.69) is 31.0 Å². The quantitative estimate of drug-likeness (QED) is 0.739. The third-order valence-electron chi connectivity index (χ3n) is 3.94. The predicted molar refractivity (Wildman–Crippen MR) is 60.4 cm³/mol. The van der Waals surface area contributed by atoms with Crippen molar-refractivity contribution >= 4 is 0 Å². The molecule has 2 heteroatoms. The summed E-state index contributed by atoms with van der Waals surface area (Å²) in [5.74, 6) is 0. The third-order valence-corrected chi connectivity index (χ3v) is 3.94. The first kappa shape index (κ1) is 10.4. The van der Waals surface area contributed by atoms with Crippen LogP contribution in [0.4, 0.5) is 0 Å². The number of nitrogens with zero attached hydrogens (tertiary/aromatic N) is 1. The second kappa shape index (κ2) is 3.49. The molecule has 0 saturated carbocycles. The third kappa shape index (κ3) is 1.96. The van der Waals surface area contributed by atoms with Gasteiger partial charge in [-0.05, 0) is 30.2 Å². The van der Waals surface area contributed by atoms with Crippen molar-refractivity contribution in [2.75, 3.05) is 32.7 Å². The molecule has 0 radical (unpaired) electrons. The van der Waals surface area contributed by atoms with Gasteiger partial charge in [0, 0.05) is 26.2 Å². The Hall–Kier alpha value is -0.0800. The summed E-state index contributed by atoms with van der Waals surface area (Å²) in [5.41, 5.74) is 1.18. The fourth-order valence-corrected chi connectivity index (χ4v) is 3.09. The van der Waals surface area contributed by atoms with Gasteiger partial charge in [-0.15, -0.1) is 0 Å². The standard InChI is InChI=1S/C12H24N2/c1-4-12(5-6-13-7-12)10-14-8-11(2,3)9-14/h13H,4-10H2,1-3H3. The molecule has 0 aromatic heterocycles. The molecule has 2 fully saturated rings. The van der Waals surface area contributed by atoms with E-state index in [1.165, 1.54) is 45.6 Å². The summed E-state index contributed by atoms with van der Waals surface area (Å²) in [4.78, 5) is 2.64. The van der Waals surface area contributed by atoms with Crippen molar-refractivity contribution in [1.82, 2.24) is 10.2 Å². The minimum atomic E-state index is 0.584. The van der Waals surface area contributed by atoms with E-state index in [0.29, 0.717) is 10.8 Å². The Bertz CT molecular complexity index is 196. The highest BCUT2D eigenvalue weighted by molar-refractivity contribution is 4.95. The van der Waals surface area contributed by atoms with Gasteiger partial charge in [0.05, 0.1) is 0 Å². The largest absolute Gasteiger partial charge is 0.316 e. The van der Waals surface area contributed by atoms with Gasteiger partial charge in [0.2, 0.25) is 0 Å². The normalized spacial score (nSPS) is 37.1. The summed E-state index contributed by atoms with van der Waals surface area (Å²) in [6.07, 6.45) is 2.71. The van der Waals surface area contributed by atoms with E-state index in [1.807, 2.05) is 0 Å². The van der Waals surface area contributed by atoms with Crippen molar-refractivity contribution < 1.29 is 0 Å². The molecule has 0 aliphatic carbocycles. The maximum Gasteiger partial charge on any atom is 0.00510 e. The molecule has 2 nitrogen and oxygen atoms in total. The van der Waals surface area contributed by atoms with Gasteiger partial charge in [-0.1, -0.05) is 20.8 Å². The van der Waals surface area contributed by atoms with Crippen LogP contribution in [-0.2, 0) is 0 Å². The van der Waals surface area contributed by atoms with Crippen LogP contribution >= 0.6 is 0 Å². The van der Waals surface area contributed by atoms with Crippen LogP contribution in [0.3, 0.4) is 0 Å². The van der Waals surface area contributed by atoms with E-state index in [1.54, 1.807) is 0 Å². The minimum Gasteiger partial charge on any atom is -0.316 e. The Balaban J connectivity index is 1.84. The molecule has 1 atom stereocenters. The lowest BCUT2D eigenvalue weighted by atomic mass is 9.78. The summed E-state index contributed by atoms with van der Waals surface area (Å²) in [5, 5.41) is 3.51. The lowest BCUT2D eigenvalue weighted by Gasteiger charge is -2.49. The van der Waals surface area contributed by atoms with Crippen LogP contribution in [0, 0.1) is 10.8 Å². The Morgan fingerprint density at radius 1 is 1.29 bits per heavy atom. The van der Waals surface area contributed by atoms with Crippen LogP contribution in [0.25, 0.3) is 0 Å². The van der Waals surface area contributed by atoms with Crippen LogP contribution in [0.5, 0.6) is 0 Å². The van der Waals surface area contributed by atoms with Crippen LogP contribution < -0.4 is 5.32 Å². The van der Waals surface area contributed by atoms with Crippen molar-refractivity contribution in [3.8, 4) is 0 Å². The molecule has 0 aromatic rings. The SMILES string of the molecule is CCC1(CN2CC(C)(C)C2)CCNC1. The van der Waals surface area contributed by atoms with E-state index in [-0.39, 0.29) is 0 Å². The summed E-state index contributed by atoms with van der Waals surface area (Å²) >= 11 is 0. The monoisotopic (exact) mass is 196 g/mol. The van der Waals surface area contributed by atoms with E-state index < -0.39 is 0 Å². The Morgan fingerprint density at radius 2 is 2.00 bits per heavy atom. The topological polar surface area (TPSA) is 15.3 Å². The minimum absolute atomic E-state index is 0.584. The fraction of sp³-hybridized carbons (Fsp3) is 1.00. The maximum atomic E-state index is 3.51. The van der Waals surface area contributed by atoms with Crippen molar-refractivity contribution in [1.29, 1.82) is 0 Å². The predicted octanol–water partition coefficient (Wildman–Crippen LogP) is 1.72. The highest BCUT2D eigenvalue weighted by atomic mass is 15.2. The maximum absolute atomic E-state index is 3.51. The zero-order chi connectivity index (χ0) is 10.2. The van der Waals surface area contributed by atoms with Gasteiger partial charge in [-0.2, -0.15) is 0 Å². The molecule has 0 spiro atoms. The number of hydrogen-bond donors (Lipinski definition) is 1. The molecule has 82 valence electrons. The van der Waals surface area contributed by atoms with Gasteiger partial charge in [0.15, 0.2) is 0 Å². The zero-order valence-corrected chi connectivity index (χ0v) is 9.90. The molecule has 2 saturated heterocycles. The van der Waals surface area contributed by atoms with E-state index in [4.69, 9.17) is 0 Å². The highest BCUT2D eigenvalue weighted by Crippen LogP contribution is 2.36. The molecule has 2 rings (SSSR count). The molecule has 0 amide bonds. The van der Waals surface area contributed by atoms with Gasteiger partial charge in [0.25, 0.3) is 0 Å². The molecular weight excluding hydrogens is 172 g/mol. The lowest BCUT2D eigenvalue weighted by molar-refractivity contribution is -0.00187. The second-order valence-corrected chi connectivity index (χ2v) is 6.09. The molecule has 14 heavy (non-hydrogen) atoms. The Kier molecular flexibility index (Phi) is 2.61. The van der Waals surface area contributed by atoms with Gasteiger partial charge in [-0.25, -0.2) is 0 Å².